The number of nitrogen functional groups attached to an aromatic ring is 1. The molecule has 0 radical (unpaired) electrons. The van der Waals surface area contributed by atoms with Gasteiger partial charge in [-0.2, -0.15) is 10.2 Å². The maximum absolute atomic E-state index is 5.47. The molecule has 2 aromatic rings. The first-order chi connectivity index (χ1) is 5.36. The first kappa shape index (κ1) is 5.96. The van der Waals surface area contributed by atoms with Crippen LogP contribution in [0.15, 0.2) is 24.7 Å². The lowest BCUT2D eigenvalue weighted by Crippen LogP contribution is -1.93. The van der Waals surface area contributed by atoms with Gasteiger partial charge in [0.2, 0.25) is 0 Å². The molecule has 0 spiro atoms. The van der Waals surface area contributed by atoms with E-state index in [1.165, 1.54) is 0 Å². The average Bonchev–Trinajstić information content (AvgIpc) is 2.55. The van der Waals surface area contributed by atoms with Gasteiger partial charge in [-0.3, -0.25) is 5.10 Å². The Morgan fingerprint density at radius 3 is 3.00 bits per heavy atom. The van der Waals surface area contributed by atoms with Crippen LogP contribution in [-0.4, -0.2) is 20.0 Å². The zero-order valence-electron chi connectivity index (χ0n) is 5.73. The molecular weight excluding hydrogens is 142 g/mol. The number of nitrogens with two attached hydrogens (primary N) is 1. The van der Waals surface area contributed by atoms with Gasteiger partial charge < -0.3 is 5.73 Å². The molecule has 0 aliphatic carbocycles. The molecule has 2 aromatic heterocycles. The van der Waals surface area contributed by atoms with E-state index < -0.39 is 0 Å². The van der Waals surface area contributed by atoms with Gasteiger partial charge in [0, 0.05) is 6.07 Å². The third-order valence-corrected chi connectivity index (χ3v) is 1.34. The summed E-state index contributed by atoms with van der Waals surface area (Å²) in [5.74, 6) is 0.807. The quantitative estimate of drug-likeness (QED) is 0.607. The Kier molecular flexibility index (Phi) is 1.15. The normalized spacial score (nSPS) is 10.2. The van der Waals surface area contributed by atoms with Crippen molar-refractivity contribution in [2.75, 3.05) is 5.73 Å². The number of H-pyrrole nitrogens is 1. The molecule has 56 valence electrons. The average molecular weight is 149 g/mol. The fourth-order valence-electron chi connectivity index (χ4n) is 0.845. The SMILES string of the molecule is Nc1cnn(-c2ccn[nH]2)c1. The molecule has 0 unspecified atom stereocenters. The van der Waals surface area contributed by atoms with Gasteiger partial charge in [-0.15, -0.1) is 0 Å². The molecule has 0 fully saturated rings. The maximum Gasteiger partial charge on any atom is 0.149 e. The summed E-state index contributed by atoms with van der Waals surface area (Å²) >= 11 is 0. The van der Waals surface area contributed by atoms with Crippen molar-refractivity contribution in [3.63, 3.8) is 0 Å². The lowest BCUT2D eigenvalue weighted by Gasteiger charge is -1.91. The largest absolute Gasteiger partial charge is 0.396 e. The highest BCUT2D eigenvalue weighted by molar-refractivity contribution is 5.34. The van der Waals surface area contributed by atoms with Crippen LogP contribution in [0.3, 0.4) is 0 Å². The van der Waals surface area contributed by atoms with Crippen LogP contribution >= 0.6 is 0 Å². The summed E-state index contributed by atoms with van der Waals surface area (Å²) < 4.78 is 1.63. The highest BCUT2D eigenvalue weighted by Gasteiger charge is 1.96. The van der Waals surface area contributed by atoms with Crippen molar-refractivity contribution in [2.24, 2.45) is 0 Å². The molecule has 0 aromatic carbocycles. The maximum atomic E-state index is 5.47. The van der Waals surface area contributed by atoms with E-state index in [9.17, 15) is 0 Å². The van der Waals surface area contributed by atoms with Gasteiger partial charge in [-0.05, 0) is 0 Å². The van der Waals surface area contributed by atoms with Crippen LogP contribution in [0.2, 0.25) is 0 Å². The van der Waals surface area contributed by atoms with Gasteiger partial charge in [-0.1, -0.05) is 0 Å². The fraction of sp³-hybridized carbons (Fsp3) is 0. The fourth-order valence-corrected chi connectivity index (χ4v) is 0.845. The van der Waals surface area contributed by atoms with Gasteiger partial charge in [0.1, 0.15) is 5.82 Å². The first-order valence-electron chi connectivity index (χ1n) is 3.16. The molecular formula is C6H7N5. The molecule has 0 amide bonds. The molecule has 3 N–H and O–H groups in total. The third-order valence-electron chi connectivity index (χ3n) is 1.34. The molecule has 5 nitrogen and oxygen atoms in total. The number of aromatic amines is 1. The second-order valence-electron chi connectivity index (χ2n) is 2.16. The van der Waals surface area contributed by atoms with Crippen molar-refractivity contribution in [3.05, 3.63) is 24.7 Å². The smallest absolute Gasteiger partial charge is 0.149 e. The predicted molar refractivity (Wildman–Crippen MR) is 40.1 cm³/mol. The van der Waals surface area contributed by atoms with Crippen LogP contribution in [0, 0.1) is 0 Å². The molecule has 0 atom stereocenters. The molecule has 0 saturated carbocycles. The van der Waals surface area contributed by atoms with E-state index in [0.29, 0.717) is 5.69 Å². The van der Waals surface area contributed by atoms with Crippen molar-refractivity contribution in [3.8, 4) is 5.82 Å². The van der Waals surface area contributed by atoms with Crippen LogP contribution in [0.4, 0.5) is 5.69 Å². The molecule has 0 saturated heterocycles. The van der Waals surface area contributed by atoms with Gasteiger partial charge in [0.05, 0.1) is 24.3 Å². The van der Waals surface area contributed by atoms with E-state index in [1.807, 2.05) is 6.07 Å². The topological polar surface area (TPSA) is 72.5 Å². The summed E-state index contributed by atoms with van der Waals surface area (Å²) in [7, 11) is 0. The minimum absolute atomic E-state index is 0.639. The highest BCUT2D eigenvalue weighted by Crippen LogP contribution is 2.03. The Bertz CT molecular complexity index is 333. The Morgan fingerprint density at radius 1 is 1.55 bits per heavy atom. The minimum atomic E-state index is 0.639. The number of nitrogens with one attached hydrogen (secondary N) is 1. The summed E-state index contributed by atoms with van der Waals surface area (Å²) in [6, 6.07) is 1.81. The van der Waals surface area contributed by atoms with Crippen LogP contribution in [0.1, 0.15) is 0 Å². The molecule has 0 aliphatic heterocycles. The van der Waals surface area contributed by atoms with Crippen molar-refractivity contribution in [1.29, 1.82) is 0 Å². The number of nitrogens with zero attached hydrogens (tertiary/aromatic N) is 3. The van der Waals surface area contributed by atoms with Gasteiger partial charge in [0.15, 0.2) is 0 Å². The monoisotopic (exact) mass is 149 g/mol. The number of rotatable bonds is 1. The zero-order valence-corrected chi connectivity index (χ0v) is 5.73. The summed E-state index contributed by atoms with van der Waals surface area (Å²) in [5.41, 5.74) is 6.11. The Balaban J connectivity index is 2.45. The standard InChI is InChI=1S/C6H7N5/c7-5-3-9-11(4-5)6-1-2-8-10-6/h1-4H,7H2,(H,8,10). The Morgan fingerprint density at radius 2 is 2.45 bits per heavy atom. The Labute approximate surface area is 62.8 Å². The second kappa shape index (κ2) is 2.12. The minimum Gasteiger partial charge on any atom is -0.396 e. The van der Waals surface area contributed by atoms with Gasteiger partial charge in [-0.25, -0.2) is 4.68 Å². The summed E-state index contributed by atoms with van der Waals surface area (Å²) in [4.78, 5) is 0. The number of hydrogen-bond donors (Lipinski definition) is 2. The van der Waals surface area contributed by atoms with E-state index in [0.717, 1.165) is 5.82 Å². The summed E-state index contributed by atoms with van der Waals surface area (Å²) in [5, 5.41) is 10.5. The van der Waals surface area contributed by atoms with E-state index >= 15 is 0 Å². The van der Waals surface area contributed by atoms with E-state index in [4.69, 9.17) is 5.73 Å². The van der Waals surface area contributed by atoms with Crippen molar-refractivity contribution in [1.82, 2.24) is 20.0 Å². The van der Waals surface area contributed by atoms with Crippen LogP contribution in [0.5, 0.6) is 0 Å². The van der Waals surface area contributed by atoms with Crippen molar-refractivity contribution >= 4 is 5.69 Å². The van der Waals surface area contributed by atoms with Gasteiger partial charge in [0.25, 0.3) is 0 Å². The molecule has 11 heavy (non-hydrogen) atoms. The molecule has 0 aliphatic rings. The van der Waals surface area contributed by atoms with E-state index in [1.54, 1.807) is 23.3 Å². The second-order valence-corrected chi connectivity index (χ2v) is 2.16. The van der Waals surface area contributed by atoms with Crippen molar-refractivity contribution in [2.45, 2.75) is 0 Å². The Hall–Kier alpha value is -1.78. The molecule has 2 heterocycles. The molecule has 2 rings (SSSR count). The number of hydrogen-bond acceptors (Lipinski definition) is 3. The van der Waals surface area contributed by atoms with Crippen LogP contribution < -0.4 is 5.73 Å². The van der Waals surface area contributed by atoms with Crippen molar-refractivity contribution < 1.29 is 0 Å². The zero-order chi connectivity index (χ0) is 7.68. The third kappa shape index (κ3) is 0.958. The number of anilines is 1. The molecule has 0 bridgehead atoms. The van der Waals surface area contributed by atoms with Crippen LogP contribution in [-0.2, 0) is 0 Å². The highest BCUT2D eigenvalue weighted by atomic mass is 15.3. The predicted octanol–water partition coefficient (Wildman–Crippen LogP) is 0.178. The first-order valence-corrected chi connectivity index (χ1v) is 3.16. The van der Waals surface area contributed by atoms with Crippen LogP contribution in [0.25, 0.3) is 5.82 Å². The van der Waals surface area contributed by atoms with Gasteiger partial charge >= 0.3 is 0 Å². The lowest BCUT2D eigenvalue weighted by atomic mass is 10.6. The van der Waals surface area contributed by atoms with E-state index in [-0.39, 0.29) is 0 Å². The lowest BCUT2D eigenvalue weighted by molar-refractivity contribution is 0.836. The summed E-state index contributed by atoms with van der Waals surface area (Å²) in [6.45, 7) is 0. The summed E-state index contributed by atoms with van der Waals surface area (Å²) in [6.07, 6.45) is 4.96. The molecule has 5 heteroatoms. The van der Waals surface area contributed by atoms with E-state index in [2.05, 4.69) is 15.3 Å². The number of aromatic nitrogens is 4.